The number of nitrogens with one attached hydrogen (secondary N) is 4. The molecule has 0 radical (unpaired) electrons. The molecule has 68 heavy (non-hydrogen) atoms. The van der Waals surface area contributed by atoms with E-state index in [1.54, 1.807) is 47.4 Å². The van der Waals surface area contributed by atoms with Gasteiger partial charge in [0, 0.05) is 81.4 Å². The van der Waals surface area contributed by atoms with E-state index in [2.05, 4.69) is 21.3 Å². The molecule has 20 heteroatoms. The smallest absolute Gasteiger partial charge is 0.415 e. The fraction of sp³-hybridized carbons (Fsp3) is 0.375. The van der Waals surface area contributed by atoms with Crippen LogP contribution in [0.5, 0.6) is 11.5 Å². The molecule has 2 aliphatic heterocycles. The Morgan fingerprint density at radius 3 is 2.31 bits per heavy atom. The second-order valence-electron chi connectivity index (χ2n) is 16.7. The minimum absolute atomic E-state index is 0.0167. The molecule has 5 aromatic rings. The molecule has 4 aromatic carbocycles. The number of nitrogens with zero attached hydrogens (tertiary/aromatic N) is 4. The molecule has 0 spiro atoms. The molecule has 1 saturated heterocycles. The third-order valence-electron chi connectivity index (χ3n) is 11.5. The summed E-state index contributed by atoms with van der Waals surface area (Å²) in [6.07, 6.45) is 0.113. The molecule has 0 bridgehead atoms. The summed E-state index contributed by atoms with van der Waals surface area (Å²) in [7, 11) is 3.95. The first kappa shape index (κ1) is 48.5. The number of piperazine rings is 1. The number of rotatable bonds is 19. The summed E-state index contributed by atoms with van der Waals surface area (Å²) in [6, 6.07) is 21.7. The van der Waals surface area contributed by atoms with Crippen LogP contribution in [0.25, 0.3) is 21.7 Å². The second-order valence-corrected chi connectivity index (χ2v) is 16.7. The fourth-order valence-corrected chi connectivity index (χ4v) is 7.94. The van der Waals surface area contributed by atoms with Gasteiger partial charge >= 0.3 is 18.2 Å². The molecule has 7 amide bonds. The number of anilines is 2. The van der Waals surface area contributed by atoms with Crippen molar-refractivity contribution in [1.29, 1.82) is 0 Å². The molecular weight excluding hydrogens is 877 g/mol. The summed E-state index contributed by atoms with van der Waals surface area (Å²) in [5.74, 6) is 0.0424. The molecule has 0 unspecified atom stereocenters. The first-order valence-corrected chi connectivity index (χ1v) is 22.6. The highest BCUT2D eigenvalue weighted by atomic mass is 16.6. The first-order chi connectivity index (χ1) is 32.9. The predicted molar refractivity (Wildman–Crippen MR) is 255 cm³/mol. The summed E-state index contributed by atoms with van der Waals surface area (Å²) in [5, 5.41) is 13.2. The topological polar surface area (TPSA) is 256 Å². The van der Waals surface area contributed by atoms with E-state index in [4.69, 9.17) is 30.1 Å². The summed E-state index contributed by atoms with van der Waals surface area (Å²) >= 11 is 0. The van der Waals surface area contributed by atoms with Crippen molar-refractivity contribution in [2.24, 2.45) is 11.5 Å². The SMILES string of the molecule is CN(C)CCOc1ccc2oc(C(=O)N3CCc4c3cc(OC(=O)N3CCN(C(=O)OCc5ccc(NC(=O)[C@H](CCCNC(N)=O)NC(=O)CNCCN)cc5)CC3)c3ccccc43)cc2c1. The first-order valence-electron chi connectivity index (χ1n) is 22.6. The van der Waals surface area contributed by atoms with E-state index in [9.17, 15) is 28.8 Å². The van der Waals surface area contributed by atoms with Gasteiger partial charge in [0.2, 0.25) is 11.8 Å². The van der Waals surface area contributed by atoms with Crippen molar-refractivity contribution in [1.82, 2.24) is 30.7 Å². The van der Waals surface area contributed by atoms with Crippen molar-refractivity contribution in [2.45, 2.75) is 31.9 Å². The quantitative estimate of drug-likeness (QED) is 0.0648. The van der Waals surface area contributed by atoms with Gasteiger partial charge < -0.3 is 71.0 Å². The monoisotopic (exact) mass is 934 g/mol. The van der Waals surface area contributed by atoms with Crippen LogP contribution in [0.4, 0.5) is 25.8 Å². The Labute approximate surface area is 393 Å². The number of benzene rings is 4. The Morgan fingerprint density at radius 2 is 1.59 bits per heavy atom. The molecular formula is C48H58N10O10. The number of likely N-dealkylation sites (N-methyl/N-ethyl adjacent to an activating group) is 1. The molecule has 0 saturated carbocycles. The maximum Gasteiger partial charge on any atom is 0.415 e. The van der Waals surface area contributed by atoms with Crippen molar-refractivity contribution in [3.8, 4) is 11.5 Å². The van der Waals surface area contributed by atoms with Gasteiger partial charge in [0.15, 0.2) is 5.76 Å². The highest BCUT2D eigenvalue weighted by Gasteiger charge is 2.32. The van der Waals surface area contributed by atoms with Gasteiger partial charge in [-0.1, -0.05) is 36.4 Å². The van der Waals surface area contributed by atoms with Crippen LogP contribution >= 0.6 is 0 Å². The van der Waals surface area contributed by atoms with E-state index in [0.717, 1.165) is 28.3 Å². The van der Waals surface area contributed by atoms with Crippen LogP contribution in [-0.2, 0) is 27.4 Å². The maximum absolute atomic E-state index is 14.0. The number of amides is 7. The van der Waals surface area contributed by atoms with Crippen molar-refractivity contribution in [3.63, 3.8) is 0 Å². The summed E-state index contributed by atoms with van der Waals surface area (Å²) in [6.45, 7) is 3.52. The summed E-state index contributed by atoms with van der Waals surface area (Å²) in [5.41, 5.74) is 13.9. The minimum Gasteiger partial charge on any atom is -0.492 e. The molecule has 0 aliphatic carbocycles. The predicted octanol–water partition coefficient (Wildman–Crippen LogP) is 3.60. The lowest BCUT2D eigenvalue weighted by Crippen LogP contribution is -2.51. The number of ether oxygens (including phenoxy) is 3. The lowest BCUT2D eigenvalue weighted by atomic mass is 10.0. The fourth-order valence-electron chi connectivity index (χ4n) is 7.94. The van der Waals surface area contributed by atoms with Crippen LogP contribution in [0.1, 0.15) is 34.5 Å². The van der Waals surface area contributed by atoms with Crippen LogP contribution in [-0.4, -0.2) is 143 Å². The number of hydrogen-bond acceptors (Lipinski definition) is 13. The van der Waals surface area contributed by atoms with Crippen molar-refractivity contribution < 1.29 is 47.4 Å². The molecule has 20 nitrogen and oxygen atoms in total. The van der Waals surface area contributed by atoms with E-state index < -0.39 is 30.2 Å². The molecule has 7 rings (SSSR count). The zero-order valence-corrected chi connectivity index (χ0v) is 38.2. The number of furan rings is 1. The molecule has 2 aliphatic rings. The largest absolute Gasteiger partial charge is 0.492 e. The number of carbonyl (C=O) groups is 6. The van der Waals surface area contributed by atoms with E-state index in [-0.39, 0.29) is 69.9 Å². The molecule has 1 atom stereocenters. The Kier molecular flexibility index (Phi) is 16.3. The Bertz CT molecular complexity index is 2610. The average Bonchev–Trinajstić information content (AvgIpc) is 3.97. The Balaban J connectivity index is 0.908. The number of hydrogen-bond donors (Lipinski definition) is 6. The van der Waals surface area contributed by atoms with Crippen molar-refractivity contribution >= 4 is 69.1 Å². The minimum atomic E-state index is -0.883. The van der Waals surface area contributed by atoms with Gasteiger partial charge in [-0.15, -0.1) is 0 Å². The molecule has 3 heterocycles. The molecule has 360 valence electrons. The van der Waals surface area contributed by atoms with E-state index in [0.29, 0.717) is 73.1 Å². The van der Waals surface area contributed by atoms with Gasteiger partial charge in [0.1, 0.15) is 36.3 Å². The van der Waals surface area contributed by atoms with Gasteiger partial charge in [0.05, 0.1) is 12.2 Å². The number of urea groups is 1. The molecule has 8 N–H and O–H groups in total. The molecule has 1 aromatic heterocycles. The van der Waals surface area contributed by atoms with Crippen LogP contribution in [0, 0.1) is 0 Å². The summed E-state index contributed by atoms with van der Waals surface area (Å²) < 4.78 is 23.5. The maximum atomic E-state index is 14.0. The highest BCUT2D eigenvalue weighted by Crippen LogP contribution is 2.41. The van der Waals surface area contributed by atoms with Crippen LogP contribution in [0.15, 0.2) is 83.3 Å². The van der Waals surface area contributed by atoms with Crippen LogP contribution < -0.4 is 47.1 Å². The van der Waals surface area contributed by atoms with Gasteiger partial charge in [-0.25, -0.2) is 14.4 Å². The highest BCUT2D eigenvalue weighted by molar-refractivity contribution is 6.10. The average molecular weight is 935 g/mol. The van der Waals surface area contributed by atoms with E-state index in [1.165, 1.54) is 9.80 Å². The summed E-state index contributed by atoms with van der Waals surface area (Å²) in [4.78, 5) is 84.2. The normalized spacial score (nSPS) is 13.9. The lowest BCUT2D eigenvalue weighted by Gasteiger charge is -2.33. The zero-order chi connectivity index (χ0) is 48.2. The van der Waals surface area contributed by atoms with Crippen LogP contribution in [0.3, 0.4) is 0 Å². The number of primary amides is 1. The van der Waals surface area contributed by atoms with E-state index >= 15 is 0 Å². The van der Waals surface area contributed by atoms with Crippen molar-refractivity contribution in [2.75, 3.05) is 96.4 Å². The third kappa shape index (κ3) is 12.5. The Hall–Kier alpha value is -7.42. The van der Waals surface area contributed by atoms with Crippen LogP contribution in [0.2, 0.25) is 0 Å². The zero-order valence-electron chi connectivity index (χ0n) is 38.2. The van der Waals surface area contributed by atoms with Gasteiger partial charge in [-0.3, -0.25) is 14.4 Å². The van der Waals surface area contributed by atoms with Crippen molar-refractivity contribution in [3.05, 3.63) is 95.7 Å². The number of nitrogens with two attached hydrogens (primary N) is 2. The van der Waals surface area contributed by atoms with Gasteiger partial charge in [0.25, 0.3) is 5.91 Å². The van der Waals surface area contributed by atoms with E-state index in [1.807, 2.05) is 55.4 Å². The second kappa shape index (κ2) is 22.9. The Morgan fingerprint density at radius 1 is 0.853 bits per heavy atom. The lowest BCUT2D eigenvalue weighted by molar-refractivity contribution is -0.126. The number of fused-ring (bicyclic) bond motifs is 4. The number of carbonyl (C=O) groups excluding carboxylic acids is 6. The standard InChI is InChI=1S/C48H58N10O10/c1-55(2)24-25-65-34-13-14-40-32(26-34)27-42(67-40)45(61)58-19-15-36-35-6-3-4-7-37(35)41(28-39(36)58)68-48(64)57-22-20-56(21-23-57)47(63)66-30-31-9-11-33(12-10-31)53-44(60)38(8-5-17-52-46(50)62)54-43(59)29-51-18-16-49/h3-4,6-7,9-14,26-28,38,51H,5,8,15-25,29-30,49H2,1-2H3,(H,53,60)(H,54,59)(H3,50,52,62)/t38-/m0/s1. The van der Waals surface area contributed by atoms with Gasteiger partial charge in [-0.2, -0.15) is 0 Å². The third-order valence-corrected chi connectivity index (χ3v) is 11.5. The van der Waals surface area contributed by atoms with Gasteiger partial charge in [-0.05, 0) is 86.3 Å². The molecule has 1 fully saturated rings.